The van der Waals surface area contributed by atoms with Crippen molar-refractivity contribution >= 4 is 27.8 Å². The SMILES string of the molecule is c1ccc(-c2cccc(-c3ccccc3)c2N(c2ccc3c(c2)-c2ccccc2C32c3ccccc3-c3ccccc32)c2ccc3ccccc3c2-c2ccccc2)cc1. The first-order chi connectivity index (χ1) is 29.8. The van der Waals surface area contributed by atoms with E-state index in [-0.39, 0.29) is 0 Å². The molecule has 0 saturated carbocycles. The zero-order valence-electron chi connectivity index (χ0n) is 33.0. The summed E-state index contributed by atoms with van der Waals surface area (Å²) >= 11 is 0. The molecular formula is C59H39N. The van der Waals surface area contributed by atoms with E-state index in [1.807, 2.05) is 0 Å². The van der Waals surface area contributed by atoms with Crippen LogP contribution in [0.5, 0.6) is 0 Å². The number of hydrogen-bond donors (Lipinski definition) is 0. The van der Waals surface area contributed by atoms with Gasteiger partial charge >= 0.3 is 0 Å². The Morgan fingerprint density at radius 3 is 1.33 bits per heavy atom. The van der Waals surface area contributed by atoms with Crippen LogP contribution in [0.2, 0.25) is 0 Å². The van der Waals surface area contributed by atoms with Gasteiger partial charge in [0.25, 0.3) is 0 Å². The highest BCUT2D eigenvalue weighted by atomic mass is 15.2. The van der Waals surface area contributed by atoms with Gasteiger partial charge in [0.1, 0.15) is 0 Å². The van der Waals surface area contributed by atoms with E-state index < -0.39 is 5.41 Å². The number of hydrogen-bond acceptors (Lipinski definition) is 1. The van der Waals surface area contributed by atoms with Gasteiger partial charge in [-0.15, -0.1) is 0 Å². The lowest BCUT2D eigenvalue weighted by Crippen LogP contribution is -2.25. The van der Waals surface area contributed by atoms with Crippen LogP contribution in [0.3, 0.4) is 0 Å². The summed E-state index contributed by atoms with van der Waals surface area (Å²) in [6.45, 7) is 0. The summed E-state index contributed by atoms with van der Waals surface area (Å²) in [5, 5.41) is 2.43. The third-order valence-electron chi connectivity index (χ3n) is 12.9. The maximum Gasteiger partial charge on any atom is 0.0725 e. The first-order valence-electron chi connectivity index (χ1n) is 20.9. The van der Waals surface area contributed by atoms with Gasteiger partial charge in [-0.1, -0.05) is 218 Å². The molecule has 0 radical (unpaired) electrons. The van der Waals surface area contributed by atoms with Gasteiger partial charge in [0, 0.05) is 22.4 Å². The van der Waals surface area contributed by atoms with Crippen LogP contribution in [0.1, 0.15) is 22.3 Å². The lowest BCUT2D eigenvalue weighted by molar-refractivity contribution is 0.794. The molecule has 12 rings (SSSR count). The molecule has 0 unspecified atom stereocenters. The Morgan fingerprint density at radius 2 is 0.750 bits per heavy atom. The lowest BCUT2D eigenvalue weighted by Gasteiger charge is -2.34. The van der Waals surface area contributed by atoms with Gasteiger partial charge in [0.05, 0.1) is 16.8 Å². The minimum Gasteiger partial charge on any atom is -0.309 e. The first kappa shape index (κ1) is 34.3. The molecule has 1 heteroatoms. The average Bonchev–Trinajstić information content (AvgIpc) is 3.79. The number of rotatable bonds is 6. The van der Waals surface area contributed by atoms with Crippen molar-refractivity contribution in [2.75, 3.05) is 4.90 Å². The normalized spacial score (nSPS) is 12.8. The number of para-hydroxylation sites is 1. The van der Waals surface area contributed by atoms with E-state index in [1.54, 1.807) is 0 Å². The third-order valence-corrected chi connectivity index (χ3v) is 12.9. The monoisotopic (exact) mass is 761 g/mol. The van der Waals surface area contributed by atoms with E-state index >= 15 is 0 Å². The van der Waals surface area contributed by atoms with Crippen LogP contribution < -0.4 is 4.90 Å². The van der Waals surface area contributed by atoms with Gasteiger partial charge in [-0.3, -0.25) is 0 Å². The molecule has 280 valence electrons. The minimum absolute atomic E-state index is 0.419. The van der Waals surface area contributed by atoms with E-state index in [2.05, 4.69) is 241 Å². The fourth-order valence-electron chi connectivity index (χ4n) is 10.5. The van der Waals surface area contributed by atoms with Crippen molar-refractivity contribution in [1.29, 1.82) is 0 Å². The van der Waals surface area contributed by atoms with Crippen LogP contribution >= 0.6 is 0 Å². The second-order valence-electron chi connectivity index (χ2n) is 15.9. The van der Waals surface area contributed by atoms with Crippen LogP contribution in [0.15, 0.2) is 237 Å². The Hall–Kier alpha value is -7.74. The molecular weight excluding hydrogens is 723 g/mol. The number of benzene rings is 10. The van der Waals surface area contributed by atoms with E-state index in [1.165, 1.54) is 88.7 Å². The van der Waals surface area contributed by atoms with Gasteiger partial charge in [-0.05, 0) is 90.2 Å². The zero-order valence-corrected chi connectivity index (χ0v) is 33.0. The molecule has 0 heterocycles. The van der Waals surface area contributed by atoms with Crippen LogP contribution in [0.4, 0.5) is 17.1 Å². The molecule has 0 aliphatic heterocycles. The molecule has 2 aliphatic rings. The Kier molecular flexibility index (Phi) is 7.83. The van der Waals surface area contributed by atoms with Gasteiger partial charge in [0.15, 0.2) is 0 Å². The average molecular weight is 762 g/mol. The molecule has 0 N–H and O–H groups in total. The lowest BCUT2D eigenvalue weighted by atomic mass is 9.70. The van der Waals surface area contributed by atoms with E-state index in [0.717, 1.165) is 17.1 Å². The zero-order chi connectivity index (χ0) is 39.6. The molecule has 0 fully saturated rings. The number of fused-ring (bicyclic) bond motifs is 11. The first-order valence-corrected chi connectivity index (χ1v) is 20.9. The molecule has 0 bridgehead atoms. The van der Waals surface area contributed by atoms with Crippen LogP contribution in [0, 0.1) is 0 Å². The highest BCUT2D eigenvalue weighted by Crippen LogP contribution is 2.63. The maximum atomic E-state index is 2.56. The van der Waals surface area contributed by atoms with Crippen molar-refractivity contribution in [2.24, 2.45) is 0 Å². The van der Waals surface area contributed by atoms with Crippen LogP contribution in [0.25, 0.3) is 66.4 Å². The van der Waals surface area contributed by atoms with Gasteiger partial charge in [-0.2, -0.15) is 0 Å². The molecule has 0 amide bonds. The Balaban J connectivity index is 1.21. The van der Waals surface area contributed by atoms with Gasteiger partial charge in [-0.25, -0.2) is 0 Å². The Labute approximate surface area is 351 Å². The van der Waals surface area contributed by atoms with Gasteiger partial charge < -0.3 is 4.90 Å². The van der Waals surface area contributed by atoms with Crippen molar-refractivity contribution in [1.82, 2.24) is 0 Å². The molecule has 60 heavy (non-hydrogen) atoms. The van der Waals surface area contributed by atoms with E-state index in [4.69, 9.17) is 0 Å². The summed E-state index contributed by atoms with van der Waals surface area (Å²) in [5.74, 6) is 0. The standard InChI is InChI=1S/C59H39N/c1-4-19-40(20-5-1)46-30-18-31-47(41-21-6-2-7-22-41)58(46)60(56-38-35-42-23-10-11-26-45(42)57(56)43-24-8-3-9-25-43)44-36-37-55-51(39-44)50-29-14-17-34-54(50)59(55)52-32-15-12-27-48(52)49-28-13-16-33-53(49)59/h1-39H. The summed E-state index contributed by atoms with van der Waals surface area (Å²) < 4.78 is 0. The molecule has 1 spiro atoms. The fourth-order valence-corrected chi connectivity index (χ4v) is 10.5. The predicted molar refractivity (Wildman–Crippen MR) is 251 cm³/mol. The van der Waals surface area contributed by atoms with Crippen molar-refractivity contribution < 1.29 is 0 Å². The van der Waals surface area contributed by atoms with Crippen LogP contribution in [-0.2, 0) is 5.41 Å². The molecule has 2 aliphatic carbocycles. The Morgan fingerprint density at radius 1 is 0.300 bits per heavy atom. The number of nitrogens with zero attached hydrogens (tertiary/aromatic N) is 1. The van der Waals surface area contributed by atoms with Crippen molar-refractivity contribution in [2.45, 2.75) is 5.41 Å². The molecule has 0 atom stereocenters. The minimum atomic E-state index is -0.419. The topological polar surface area (TPSA) is 3.24 Å². The maximum absolute atomic E-state index is 2.56. The highest BCUT2D eigenvalue weighted by Gasteiger charge is 2.51. The van der Waals surface area contributed by atoms with Crippen molar-refractivity contribution in [3.8, 4) is 55.6 Å². The fraction of sp³-hybridized carbons (Fsp3) is 0.0169. The highest BCUT2D eigenvalue weighted by molar-refractivity contribution is 6.08. The molecule has 0 saturated heterocycles. The van der Waals surface area contributed by atoms with E-state index in [9.17, 15) is 0 Å². The molecule has 1 nitrogen and oxygen atoms in total. The molecule has 0 aromatic heterocycles. The largest absolute Gasteiger partial charge is 0.309 e. The quantitative estimate of drug-likeness (QED) is 0.163. The number of anilines is 3. The summed E-state index contributed by atoms with van der Waals surface area (Å²) in [6.07, 6.45) is 0. The molecule has 10 aromatic carbocycles. The summed E-state index contributed by atoms with van der Waals surface area (Å²) in [6, 6.07) is 87.4. The second kappa shape index (κ2) is 13.7. The second-order valence-corrected chi connectivity index (χ2v) is 15.9. The summed E-state index contributed by atoms with van der Waals surface area (Å²) in [7, 11) is 0. The van der Waals surface area contributed by atoms with Crippen molar-refractivity contribution in [3.63, 3.8) is 0 Å². The predicted octanol–water partition coefficient (Wildman–Crippen LogP) is 15.7. The Bertz CT molecular complexity index is 3150. The summed E-state index contributed by atoms with van der Waals surface area (Å²) in [4.78, 5) is 2.56. The summed E-state index contributed by atoms with van der Waals surface area (Å²) in [5.41, 5.74) is 20.5. The van der Waals surface area contributed by atoms with Gasteiger partial charge in [0.2, 0.25) is 0 Å². The molecule has 10 aromatic rings. The van der Waals surface area contributed by atoms with E-state index in [0.29, 0.717) is 0 Å². The smallest absolute Gasteiger partial charge is 0.0725 e. The third kappa shape index (κ3) is 4.99. The van der Waals surface area contributed by atoms with Crippen molar-refractivity contribution in [3.05, 3.63) is 259 Å². The van der Waals surface area contributed by atoms with Crippen LogP contribution in [-0.4, -0.2) is 0 Å².